The molecule has 0 spiro atoms. The summed E-state index contributed by atoms with van der Waals surface area (Å²) >= 11 is 0. The predicted molar refractivity (Wildman–Crippen MR) is 87.0 cm³/mol. The largest absolute Gasteiger partial charge is 0.326 e. The third-order valence-electron chi connectivity index (χ3n) is 3.81. The molecule has 0 aliphatic heterocycles. The molecule has 1 aromatic rings. The lowest BCUT2D eigenvalue weighted by Gasteiger charge is -2.14. The molecule has 0 saturated heterocycles. The quantitative estimate of drug-likeness (QED) is 0.660. The summed E-state index contributed by atoms with van der Waals surface area (Å²) in [6, 6.07) is 8.29. The van der Waals surface area contributed by atoms with Crippen LogP contribution in [0, 0.1) is 5.92 Å². The number of hydrogen-bond donors (Lipinski definition) is 1. The van der Waals surface area contributed by atoms with Gasteiger partial charge in [-0.15, -0.1) is 0 Å². The Labute approximate surface area is 124 Å². The molecule has 0 aliphatic rings. The maximum atomic E-state index is 12.2. The summed E-state index contributed by atoms with van der Waals surface area (Å²) in [5.74, 6) is 0.317. The molecule has 1 N–H and O–H groups in total. The van der Waals surface area contributed by atoms with Crippen LogP contribution >= 0.6 is 0 Å². The minimum Gasteiger partial charge on any atom is -0.326 e. The summed E-state index contributed by atoms with van der Waals surface area (Å²) in [7, 11) is 0. The van der Waals surface area contributed by atoms with Crippen molar-refractivity contribution in [3.8, 4) is 0 Å². The Hall–Kier alpha value is -1.31. The lowest BCUT2D eigenvalue weighted by molar-refractivity contribution is -0.120. The third kappa shape index (κ3) is 5.77. The van der Waals surface area contributed by atoms with Gasteiger partial charge in [-0.1, -0.05) is 52.2 Å². The summed E-state index contributed by atoms with van der Waals surface area (Å²) in [5, 5.41) is 3.05. The highest BCUT2D eigenvalue weighted by molar-refractivity contribution is 5.92. The molecule has 0 bridgehead atoms. The van der Waals surface area contributed by atoms with Gasteiger partial charge in [-0.05, 0) is 43.4 Å². The maximum Gasteiger partial charge on any atom is 0.227 e. The Morgan fingerprint density at radius 1 is 1.05 bits per heavy atom. The van der Waals surface area contributed by atoms with Gasteiger partial charge in [0.25, 0.3) is 0 Å². The smallest absolute Gasteiger partial charge is 0.227 e. The topological polar surface area (TPSA) is 29.1 Å². The Kier molecular flexibility index (Phi) is 8.01. The van der Waals surface area contributed by atoms with Crippen LogP contribution < -0.4 is 5.32 Å². The van der Waals surface area contributed by atoms with Crippen molar-refractivity contribution in [3.63, 3.8) is 0 Å². The molecular weight excluding hydrogens is 246 g/mol. The molecule has 1 aromatic carbocycles. The number of rotatable bonds is 9. The van der Waals surface area contributed by atoms with Crippen molar-refractivity contribution in [1.29, 1.82) is 0 Å². The number of benzene rings is 1. The van der Waals surface area contributed by atoms with Crippen molar-refractivity contribution in [2.45, 2.75) is 65.7 Å². The van der Waals surface area contributed by atoms with Gasteiger partial charge in [0.15, 0.2) is 0 Å². The molecule has 0 fully saturated rings. The number of nitrogens with one attached hydrogen (secondary N) is 1. The number of carbonyl (C=O) groups is 1. The van der Waals surface area contributed by atoms with E-state index in [0.29, 0.717) is 0 Å². The van der Waals surface area contributed by atoms with E-state index in [1.54, 1.807) is 0 Å². The van der Waals surface area contributed by atoms with Crippen LogP contribution in [0.4, 0.5) is 5.69 Å². The molecule has 0 saturated carbocycles. The fourth-order valence-corrected chi connectivity index (χ4v) is 2.35. The normalized spacial score (nSPS) is 12.2. The fraction of sp³-hybridized carbons (Fsp3) is 0.611. The number of aryl methyl sites for hydroxylation is 1. The van der Waals surface area contributed by atoms with Crippen LogP contribution in [0.1, 0.15) is 64.9 Å². The van der Waals surface area contributed by atoms with Gasteiger partial charge in [0.1, 0.15) is 0 Å². The molecule has 1 unspecified atom stereocenters. The van der Waals surface area contributed by atoms with Gasteiger partial charge in [-0.25, -0.2) is 0 Å². The zero-order valence-corrected chi connectivity index (χ0v) is 13.2. The molecule has 1 atom stereocenters. The first-order valence-electron chi connectivity index (χ1n) is 8.11. The van der Waals surface area contributed by atoms with Gasteiger partial charge in [-0.2, -0.15) is 0 Å². The first-order chi connectivity index (χ1) is 9.71. The summed E-state index contributed by atoms with van der Waals surface area (Å²) in [4.78, 5) is 12.2. The fourth-order valence-electron chi connectivity index (χ4n) is 2.35. The van der Waals surface area contributed by atoms with Crippen molar-refractivity contribution in [1.82, 2.24) is 0 Å². The highest BCUT2D eigenvalue weighted by Gasteiger charge is 2.15. The van der Waals surface area contributed by atoms with E-state index in [1.807, 2.05) is 12.1 Å². The zero-order chi connectivity index (χ0) is 14.8. The summed E-state index contributed by atoms with van der Waals surface area (Å²) < 4.78 is 0. The molecule has 112 valence electrons. The third-order valence-corrected chi connectivity index (χ3v) is 3.81. The van der Waals surface area contributed by atoms with Crippen LogP contribution in [0.15, 0.2) is 24.3 Å². The molecule has 20 heavy (non-hydrogen) atoms. The summed E-state index contributed by atoms with van der Waals surface area (Å²) in [6.45, 7) is 6.46. The molecule has 0 heterocycles. The van der Waals surface area contributed by atoms with E-state index in [9.17, 15) is 4.79 Å². The molecule has 2 nitrogen and oxygen atoms in total. The number of hydrogen-bond acceptors (Lipinski definition) is 1. The molecule has 2 heteroatoms. The highest BCUT2D eigenvalue weighted by Crippen LogP contribution is 2.17. The van der Waals surface area contributed by atoms with Crippen LogP contribution in [-0.2, 0) is 11.2 Å². The zero-order valence-electron chi connectivity index (χ0n) is 13.2. The van der Waals surface area contributed by atoms with Crippen molar-refractivity contribution >= 4 is 11.6 Å². The second-order valence-electron chi connectivity index (χ2n) is 5.54. The van der Waals surface area contributed by atoms with Gasteiger partial charge < -0.3 is 5.32 Å². The average Bonchev–Trinajstić information content (AvgIpc) is 2.47. The minimum absolute atomic E-state index is 0.148. The number of unbranched alkanes of at least 4 members (excludes halogenated alkanes) is 2. The minimum atomic E-state index is 0.148. The number of amides is 1. The standard InChI is InChI=1S/C18H29NO/c1-4-7-9-15-11-13-17(14-12-15)19-18(20)16(6-3)10-8-5-2/h11-14,16H,4-10H2,1-3H3,(H,19,20). The van der Waals surface area contributed by atoms with Crippen molar-refractivity contribution < 1.29 is 4.79 Å². The van der Waals surface area contributed by atoms with Crippen LogP contribution in [0.25, 0.3) is 0 Å². The first-order valence-corrected chi connectivity index (χ1v) is 8.11. The highest BCUT2D eigenvalue weighted by atomic mass is 16.1. The van der Waals surface area contributed by atoms with E-state index in [2.05, 4.69) is 38.2 Å². The van der Waals surface area contributed by atoms with Gasteiger partial charge >= 0.3 is 0 Å². The van der Waals surface area contributed by atoms with Gasteiger partial charge in [0.05, 0.1) is 0 Å². The first kappa shape index (κ1) is 16.7. The Morgan fingerprint density at radius 2 is 1.70 bits per heavy atom. The van der Waals surface area contributed by atoms with Crippen molar-refractivity contribution in [2.24, 2.45) is 5.92 Å². The van der Waals surface area contributed by atoms with Crippen LogP contribution in [0.3, 0.4) is 0 Å². The number of carbonyl (C=O) groups excluding carboxylic acids is 1. The molecular formula is C18H29NO. The van der Waals surface area contributed by atoms with Gasteiger partial charge in [0, 0.05) is 11.6 Å². The van der Waals surface area contributed by atoms with E-state index < -0.39 is 0 Å². The van der Waals surface area contributed by atoms with Crippen molar-refractivity contribution in [3.05, 3.63) is 29.8 Å². The summed E-state index contributed by atoms with van der Waals surface area (Å²) in [5.41, 5.74) is 2.27. The van der Waals surface area contributed by atoms with Gasteiger partial charge in [-0.3, -0.25) is 4.79 Å². The molecule has 1 amide bonds. The van der Waals surface area contributed by atoms with E-state index in [-0.39, 0.29) is 11.8 Å². The molecule has 1 rings (SSSR count). The Morgan fingerprint density at radius 3 is 2.25 bits per heavy atom. The SMILES string of the molecule is CCCCc1ccc(NC(=O)C(CC)CCCC)cc1. The van der Waals surface area contributed by atoms with Crippen LogP contribution in [-0.4, -0.2) is 5.91 Å². The van der Waals surface area contributed by atoms with E-state index >= 15 is 0 Å². The second-order valence-corrected chi connectivity index (χ2v) is 5.54. The second kappa shape index (κ2) is 9.57. The Bertz CT molecular complexity index is 383. The monoisotopic (exact) mass is 275 g/mol. The molecule has 0 radical (unpaired) electrons. The molecule has 0 aromatic heterocycles. The average molecular weight is 275 g/mol. The van der Waals surface area contributed by atoms with E-state index in [1.165, 1.54) is 18.4 Å². The van der Waals surface area contributed by atoms with Crippen LogP contribution in [0.5, 0.6) is 0 Å². The van der Waals surface area contributed by atoms with E-state index in [0.717, 1.165) is 37.8 Å². The lowest BCUT2D eigenvalue weighted by atomic mass is 9.98. The van der Waals surface area contributed by atoms with Gasteiger partial charge in [0.2, 0.25) is 5.91 Å². The molecule has 0 aliphatic carbocycles. The van der Waals surface area contributed by atoms with Crippen LogP contribution in [0.2, 0.25) is 0 Å². The maximum absolute atomic E-state index is 12.2. The Balaban J connectivity index is 2.52. The summed E-state index contributed by atoms with van der Waals surface area (Å²) in [6.07, 6.45) is 7.75. The van der Waals surface area contributed by atoms with Crippen molar-refractivity contribution in [2.75, 3.05) is 5.32 Å². The lowest BCUT2D eigenvalue weighted by Crippen LogP contribution is -2.22. The van der Waals surface area contributed by atoms with E-state index in [4.69, 9.17) is 0 Å². The predicted octanol–water partition coefficient (Wildman–Crippen LogP) is 5.18. The number of anilines is 1.